The molecule has 1 aromatic rings. The number of rotatable bonds is 15. The highest BCUT2D eigenvalue weighted by Crippen LogP contribution is 2.73. The van der Waals surface area contributed by atoms with E-state index in [1.165, 1.54) is 48.8 Å². The van der Waals surface area contributed by atoms with Crippen LogP contribution in [0.1, 0.15) is 251 Å². The lowest BCUT2D eigenvalue weighted by Gasteiger charge is -2.69. The number of aliphatic imine (C=N–C) groups is 1. The average molecular weight is 943 g/mol. The zero-order valence-electron chi connectivity index (χ0n) is 47.7. The minimum atomic E-state index is -0.797. The molecule has 0 spiro atoms. The number of carbonyl (C=O) groups is 1. The summed E-state index contributed by atoms with van der Waals surface area (Å²) in [5, 5.41) is 13.9. The van der Waals surface area contributed by atoms with Crippen LogP contribution in [-0.4, -0.2) is 35.1 Å². The van der Waals surface area contributed by atoms with Crippen molar-refractivity contribution in [2.24, 2.45) is 62.0 Å². The Labute approximate surface area is 420 Å². The first kappa shape index (κ1) is 59.4. The van der Waals surface area contributed by atoms with E-state index in [0.717, 1.165) is 69.4 Å². The molecular formula is C62H107N3O3. The highest BCUT2D eigenvalue weighted by Gasteiger charge is 2.68. The molecule has 0 heterocycles. The number of ether oxygens (including phenoxy) is 1. The standard InChI is InChI=1S/C55H87N3O3.C3H8.2C2H6/c1-14-18-40-32-54(34-47(57-17-4)61-44(16-3)39-22-20-38(21-23-39)35(5)6)30-26-46-53(13)28-24-42-37(9)43(58-41(19-15-2)33-51(10,11)50(59)60)25-29-52(42,12)45(53)27-31-55(46,56)49(54)48(40)36(7)8;1-3-2;2*1-2/h18-23,35-37,42-46,58H,14-17,24-34,56H2,1-13H3,(H,59,60);3H2,1-2H3;2*1-2H3/b40-18-,41-19+,57-47?;;;. The van der Waals surface area contributed by atoms with E-state index in [4.69, 9.17) is 15.5 Å². The molecule has 6 rings (SSSR count). The summed E-state index contributed by atoms with van der Waals surface area (Å²) in [6, 6.07) is 9.46. The summed E-state index contributed by atoms with van der Waals surface area (Å²) in [5.41, 5.74) is 15.9. The van der Waals surface area contributed by atoms with Crippen LogP contribution in [0.15, 0.2) is 63.8 Å². The number of allylic oxidation sites excluding steroid dienone is 5. The van der Waals surface area contributed by atoms with Gasteiger partial charge in [-0.1, -0.05) is 154 Å². The third-order valence-electron chi connectivity index (χ3n) is 17.5. The Kier molecular flexibility index (Phi) is 22.3. The van der Waals surface area contributed by atoms with E-state index in [9.17, 15) is 9.90 Å². The SMILES string of the molecule is CC.CC.CC/C=C1/CC2(CC(=NCC)OC(CC)c3ccc(C(C)C)cc3)CCC3C(N)(CCC4C5(C)CCC(N/C(=C/CC)CC(C)(C)C(=O)O)C(C)C5CCC34C)C2=C1C(C)C.CCC. The maximum Gasteiger partial charge on any atom is 0.309 e. The lowest BCUT2D eigenvalue weighted by molar-refractivity contribution is -0.170. The quantitative estimate of drug-likeness (QED) is 0.120. The Morgan fingerprint density at radius 2 is 1.44 bits per heavy atom. The number of hydrogen-bond donors (Lipinski definition) is 3. The van der Waals surface area contributed by atoms with E-state index < -0.39 is 11.4 Å². The minimum Gasteiger partial charge on any atom is -0.481 e. The summed E-state index contributed by atoms with van der Waals surface area (Å²) >= 11 is 0. The van der Waals surface area contributed by atoms with Crippen molar-refractivity contribution in [2.75, 3.05) is 6.54 Å². The fraction of sp³-hybridized carbons (Fsp3) is 0.774. The topological polar surface area (TPSA) is 96.9 Å². The fourth-order valence-corrected chi connectivity index (χ4v) is 14.7. The largest absolute Gasteiger partial charge is 0.481 e. The van der Waals surface area contributed by atoms with Gasteiger partial charge in [0, 0.05) is 42.1 Å². The average Bonchev–Trinajstić information content (AvgIpc) is 3.63. The van der Waals surface area contributed by atoms with Crippen LogP contribution in [0.25, 0.3) is 0 Å². The molecular weight excluding hydrogens is 835 g/mol. The molecule has 4 fully saturated rings. The molecule has 0 saturated heterocycles. The lowest BCUT2D eigenvalue weighted by atomic mass is 9.36. The number of nitrogens with one attached hydrogen (secondary N) is 1. The molecule has 6 heteroatoms. The summed E-state index contributed by atoms with van der Waals surface area (Å²) < 4.78 is 7.09. The van der Waals surface area contributed by atoms with E-state index in [1.807, 2.05) is 41.5 Å². The fourth-order valence-electron chi connectivity index (χ4n) is 14.7. The first-order valence-electron chi connectivity index (χ1n) is 28.4. The highest BCUT2D eigenvalue weighted by molar-refractivity contribution is 5.79. The number of hydrogen-bond acceptors (Lipinski definition) is 5. The van der Waals surface area contributed by atoms with Crippen molar-refractivity contribution in [1.82, 2.24) is 5.32 Å². The summed E-state index contributed by atoms with van der Waals surface area (Å²) in [5.74, 6) is 3.31. The summed E-state index contributed by atoms with van der Waals surface area (Å²) in [4.78, 5) is 17.3. The highest BCUT2D eigenvalue weighted by atomic mass is 16.5. The third-order valence-corrected chi connectivity index (χ3v) is 17.5. The zero-order valence-corrected chi connectivity index (χ0v) is 47.7. The van der Waals surface area contributed by atoms with Crippen molar-refractivity contribution >= 4 is 11.9 Å². The molecule has 0 bridgehead atoms. The molecule has 388 valence electrons. The van der Waals surface area contributed by atoms with Crippen LogP contribution < -0.4 is 11.1 Å². The molecule has 4 saturated carbocycles. The number of fused-ring (bicyclic) bond motifs is 7. The third kappa shape index (κ3) is 12.2. The Morgan fingerprint density at radius 3 is 1.97 bits per heavy atom. The van der Waals surface area contributed by atoms with Gasteiger partial charge in [-0.05, 0) is 172 Å². The molecule has 10 unspecified atom stereocenters. The Hall–Kier alpha value is -2.86. The molecule has 0 aromatic heterocycles. The van der Waals surface area contributed by atoms with Gasteiger partial charge in [0.15, 0.2) is 5.90 Å². The molecule has 68 heavy (non-hydrogen) atoms. The van der Waals surface area contributed by atoms with Crippen molar-refractivity contribution in [3.8, 4) is 0 Å². The molecule has 0 amide bonds. The molecule has 1 aromatic carbocycles. The van der Waals surface area contributed by atoms with Gasteiger partial charge in [0.1, 0.15) is 6.10 Å². The first-order chi connectivity index (χ1) is 32.2. The van der Waals surface area contributed by atoms with Gasteiger partial charge in [-0.3, -0.25) is 9.79 Å². The summed E-state index contributed by atoms with van der Waals surface area (Å²) in [6.45, 7) is 42.7. The van der Waals surface area contributed by atoms with Crippen LogP contribution in [0, 0.1) is 51.2 Å². The molecule has 5 aliphatic rings. The Bertz CT molecular complexity index is 1870. The van der Waals surface area contributed by atoms with Crippen molar-refractivity contribution in [3.05, 3.63) is 70.0 Å². The lowest BCUT2D eigenvalue weighted by Crippen LogP contribution is -2.69. The predicted octanol–water partition coefficient (Wildman–Crippen LogP) is 17.4. The maximum atomic E-state index is 12.1. The number of nitrogens with two attached hydrogens (primary N) is 1. The Balaban J connectivity index is 0.00000166. The van der Waals surface area contributed by atoms with Crippen molar-refractivity contribution < 1.29 is 14.6 Å². The van der Waals surface area contributed by atoms with Crippen LogP contribution in [0.4, 0.5) is 0 Å². The van der Waals surface area contributed by atoms with Crippen LogP contribution in [0.2, 0.25) is 0 Å². The maximum absolute atomic E-state index is 12.1. The van der Waals surface area contributed by atoms with Crippen LogP contribution >= 0.6 is 0 Å². The summed E-state index contributed by atoms with van der Waals surface area (Å²) in [6.07, 6.45) is 20.6. The van der Waals surface area contributed by atoms with Gasteiger partial charge >= 0.3 is 5.97 Å². The second-order valence-corrected chi connectivity index (χ2v) is 23.2. The van der Waals surface area contributed by atoms with Gasteiger partial charge in [0.25, 0.3) is 0 Å². The Morgan fingerprint density at radius 1 is 0.853 bits per heavy atom. The van der Waals surface area contributed by atoms with E-state index >= 15 is 0 Å². The van der Waals surface area contributed by atoms with E-state index in [1.54, 1.807) is 11.1 Å². The monoisotopic (exact) mass is 942 g/mol. The van der Waals surface area contributed by atoms with Crippen LogP contribution in [0.3, 0.4) is 0 Å². The smallest absolute Gasteiger partial charge is 0.309 e. The van der Waals surface area contributed by atoms with Gasteiger partial charge in [0.05, 0.1) is 5.41 Å². The van der Waals surface area contributed by atoms with Crippen LogP contribution in [0.5, 0.6) is 0 Å². The molecule has 6 nitrogen and oxygen atoms in total. The van der Waals surface area contributed by atoms with Gasteiger partial charge in [-0.2, -0.15) is 0 Å². The van der Waals surface area contributed by atoms with E-state index in [0.29, 0.717) is 54.5 Å². The predicted molar refractivity (Wildman–Crippen MR) is 294 cm³/mol. The number of aliphatic carboxylic acids is 1. The van der Waals surface area contributed by atoms with Crippen LogP contribution in [-0.2, 0) is 9.53 Å². The normalized spacial score (nSPS) is 32.3. The second kappa shape index (κ2) is 25.5. The number of carboxylic acids is 1. The van der Waals surface area contributed by atoms with Crippen molar-refractivity contribution in [3.63, 3.8) is 0 Å². The molecule has 0 aliphatic heterocycles. The molecule has 4 N–H and O–H groups in total. The van der Waals surface area contributed by atoms with Crippen molar-refractivity contribution in [1.29, 1.82) is 0 Å². The first-order valence-corrected chi connectivity index (χ1v) is 28.4. The zero-order chi connectivity index (χ0) is 51.4. The van der Waals surface area contributed by atoms with Gasteiger partial charge in [0.2, 0.25) is 0 Å². The van der Waals surface area contributed by atoms with Gasteiger partial charge < -0.3 is 20.9 Å². The second-order valence-electron chi connectivity index (χ2n) is 23.2. The molecule has 0 radical (unpaired) electrons. The van der Waals surface area contributed by atoms with E-state index in [-0.39, 0.29) is 27.9 Å². The summed E-state index contributed by atoms with van der Waals surface area (Å²) in [7, 11) is 0. The minimum absolute atomic E-state index is 0.0288. The molecule has 10 atom stereocenters. The number of benzene rings is 1. The molecule has 5 aliphatic carbocycles. The number of nitrogens with zero attached hydrogens (tertiary/aromatic N) is 1. The van der Waals surface area contributed by atoms with Gasteiger partial charge in [-0.15, -0.1) is 0 Å². The van der Waals surface area contributed by atoms with E-state index in [2.05, 4.69) is 132 Å². The number of carboxylic acid groups (broad SMARTS) is 1. The van der Waals surface area contributed by atoms with Gasteiger partial charge in [-0.25, -0.2) is 0 Å². The van der Waals surface area contributed by atoms with Crippen molar-refractivity contribution in [2.45, 2.75) is 251 Å².